The van der Waals surface area contributed by atoms with E-state index in [2.05, 4.69) is 20.3 Å². The van der Waals surface area contributed by atoms with Crippen molar-refractivity contribution in [2.75, 3.05) is 18.2 Å². The highest BCUT2D eigenvalue weighted by Gasteiger charge is 2.18. The summed E-state index contributed by atoms with van der Waals surface area (Å²) >= 11 is 2.39. The number of ether oxygens (including phenoxy) is 2. The lowest BCUT2D eigenvalue weighted by Crippen LogP contribution is -2.30. The molecule has 0 spiro atoms. The van der Waals surface area contributed by atoms with Crippen LogP contribution in [-0.2, 0) is 14.3 Å². The minimum Gasteiger partial charge on any atom is -0.481 e. The van der Waals surface area contributed by atoms with Crippen molar-refractivity contribution >= 4 is 40.1 Å². The number of thioether (sulfide) groups is 1. The summed E-state index contributed by atoms with van der Waals surface area (Å²) in [5.74, 6) is 0.146. The van der Waals surface area contributed by atoms with E-state index in [1.54, 1.807) is 6.92 Å². The molecule has 25 heavy (non-hydrogen) atoms. The Bertz CT molecular complexity index is 764. The van der Waals surface area contributed by atoms with Gasteiger partial charge in [0, 0.05) is 0 Å². The van der Waals surface area contributed by atoms with Crippen molar-refractivity contribution in [3.8, 4) is 5.75 Å². The van der Waals surface area contributed by atoms with Gasteiger partial charge in [0.05, 0.1) is 12.9 Å². The van der Waals surface area contributed by atoms with Crippen molar-refractivity contribution in [1.82, 2.24) is 10.2 Å². The molecule has 1 heterocycles. The number of aromatic nitrogens is 2. The molecule has 0 aliphatic rings. The molecule has 1 unspecified atom stereocenters. The number of esters is 1. The van der Waals surface area contributed by atoms with E-state index in [0.29, 0.717) is 15.2 Å². The Morgan fingerprint density at radius 2 is 2.08 bits per heavy atom. The van der Waals surface area contributed by atoms with Crippen LogP contribution in [0.25, 0.3) is 0 Å². The van der Waals surface area contributed by atoms with Crippen molar-refractivity contribution < 1.29 is 19.1 Å². The molecule has 1 aromatic carbocycles. The van der Waals surface area contributed by atoms with Crippen LogP contribution in [-0.4, -0.2) is 41.0 Å². The van der Waals surface area contributed by atoms with E-state index in [4.69, 9.17) is 4.74 Å². The summed E-state index contributed by atoms with van der Waals surface area (Å²) in [6, 6.07) is 5.78. The number of aryl methyl sites for hydroxylation is 2. The zero-order valence-corrected chi connectivity index (χ0v) is 16.0. The molecule has 134 valence electrons. The third kappa shape index (κ3) is 5.71. The number of rotatable bonds is 7. The fourth-order valence-electron chi connectivity index (χ4n) is 1.88. The number of nitrogens with zero attached hydrogens (tertiary/aromatic N) is 2. The number of carbonyl (C=O) groups is 2. The van der Waals surface area contributed by atoms with Crippen molar-refractivity contribution in [3.63, 3.8) is 0 Å². The first kappa shape index (κ1) is 19.2. The highest BCUT2D eigenvalue weighted by Crippen LogP contribution is 2.26. The number of nitrogens with one attached hydrogen (secondary N) is 1. The molecular weight excluding hydrogens is 362 g/mol. The van der Waals surface area contributed by atoms with Crippen molar-refractivity contribution in [2.45, 2.75) is 31.2 Å². The molecule has 2 aromatic rings. The first-order valence-electron chi connectivity index (χ1n) is 7.47. The van der Waals surface area contributed by atoms with Crippen molar-refractivity contribution in [3.05, 3.63) is 29.3 Å². The van der Waals surface area contributed by atoms with Gasteiger partial charge >= 0.3 is 5.97 Å². The Morgan fingerprint density at radius 1 is 1.32 bits per heavy atom. The SMILES string of the molecule is COC(=O)CSc1nnc(NC(=O)C(C)Oc2ccc(C)cc2C)s1. The number of benzene rings is 1. The largest absolute Gasteiger partial charge is 0.481 e. The van der Waals surface area contributed by atoms with Crippen LogP contribution in [0.5, 0.6) is 5.75 Å². The topological polar surface area (TPSA) is 90.4 Å². The summed E-state index contributed by atoms with van der Waals surface area (Å²) in [6.07, 6.45) is -0.684. The van der Waals surface area contributed by atoms with Crippen molar-refractivity contribution in [2.24, 2.45) is 0 Å². The highest BCUT2D eigenvalue weighted by atomic mass is 32.2. The maximum Gasteiger partial charge on any atom is 0.316 e. The van der Waals surface area contributed by atoms with E-state index >= 15 is 0 Å². The molecule has 7 nitrogen and oxygen atoms in total. The third-order valence-electron chi connectivity index (χ3n) is 3.18. The van der Waals surface area contributed by atoms with Gasteiger partial charge in [0.25, 0.3) is 5.91 Å². The summed E-state index contributed by atoms with van der Waals surface area (Å²) in [5.41, 5.74) is 2.10. The standard InChI is InChI=1S/C16H19N3O4S2/c1-9-5-6-12(10(2)7-9)23-11(3)14(21)17-15-18-19-16(25-15)24-8-13(20)22-4/h5-7,11H,8H2,1-4H3,(H,17,18,21). The van der Waals surface area contributed by atoms with Gasteiger partial charge in [0.2, 0.25) is 5.13 Å². The van der Waals surface area contributed by atoms with Gasteiger partial charge in [-0.25, -0.2) is 0 Å². The molecule has 1 N–H and O–H groups in total. The molecule has 0 fully saturated rings. The summed E-state index contributed by atoms with van der Waals surface area (Å²) < 4.78 is 10.8. The molecule has 1 aromatic heterocycles. The fourth-order valence-corrected chi connectivity index (χ4v) is 3.47. The van der Waals surface area contributed by atoms with Gasteiger partial charge in [-0.05, 0) is 32.4 Å². The van der Waals surface area contributed by atoms with Gasteiger partial charge < -0.3 is 9.47 Å². The molecule has 0 aliphatic carbocycles. The van der Waals surface area contributed by atoms with E-state index < -0.39 is 6.10 Å². The molecule has 9 heteroatoms. The summed E-state index contributed by atoms with van der Waals surface area (Å²) in [7, 11) is 1.33. The predicted octanol–water partition coefficient (Wildman–Crippen LogP) is 2.83. The zero-order chi connectivity index (χ0) is 18.4. The van der Waals surface area contributed by atoms with Gasteiger partial charge in [0.15, 0.2) is 10.4 Å². The average molecular weight is 381 g/mol. The summed E-state index contributed by atoms with van der Waals surface area (Å²) in [5, 5.41) is 10.8. The van der Waals surface area contributed by atoms with Gasteiger partial charge in [-0.2, -0.15) is 0 Å². The molecule has 0 saturated carbocycles. The first-order valence-corrected chi connectivity index (χ1v) is 9.27. The van der Waals surface area contributed by atoms with E-state index in [-0.39, 0.29) is 17.6 Å². The van der Waals surface area contributed by atoms with Crippen molar-refractivity contribution in [1.29, 1.82) is 0 Å². The number of anilines is 1. The summed E-state index contributed by atoms with van der Waals surface area (Å²) in [6.45, 7) is 5.60. The smallest absolute Gasteiger partial charge is 0.316 e. The summed E-state index contributed by atoms with van der Waals surface area (Å²) in [4.78, 5) is 23.3. The lowest BCUT2D eigenvalue weighted by atomic mass is 10.1. The van der Waals surface area contributed by atoms with E-state index in [0.717, 1.165) is 11.1 Å². The van der Waals surface area contributed by atoms with Crippen LogP contribution in [0.3, 0.4) is 0 Å². The monoisotopic (exact) mass is 381 g/mol. The van der Waals surface area contributed by atoms with Crippen LogP contribution >= 0.6 is 23.1 Å². The predicted molar refractivity (Wildman–Crippen MR) is 97.3 cm³/mol. The minimum absolute atomic E-state index is 0.144. The van der Waals surface area contributed by atoms with Gasteiger partial charge in [-0.15, -0.1) is 10.2 Å². The van der Waals surface area contributed by atoms with E-state index in [1.807, 2.05) is 32.0 Å². The van der Waals surface area contributed by atoms with Gasteiger partial charge in [0.1, 0.15) is 5.75 Å². The van der Waals surface area contributed by atoms with Crippen LogP contribution < -0.4 is 10.1 Å². The maximum atomic E-state index is 12.2. The van der Waals surface area contributed by atoms with Gasteiger partial charge in [-0.1, -0.05) is 40.8 Å². The average Bonchev–Trinajstić information content (AvgIpc) is 3.02. The second-order valence-corrected chi connectivity index (χ2v) is 7.46. The van der Waals surface area contributed by atoms with Crippen LogP contribution in [0, 0.1) is 13.8 Å². The number of hydrogen-bond donors (Lipinski definition) is 1. The Kier molecular flexibility index (Phi) is 6.77. The zero-order valence-electron chi connectivity index (χ0n) is 14.4. The molecular formula is C16H19N3O4S2. The van der Waals surface area contributed by atoms with E-state index in [1.165, 1.54) is 30.2 Å². The Labute approximate surface area is 154 Å². The van der Waals surface area contributed by atoms with Crippen LogP contribution in [0.2, 0.25) is 0 Å². The van der Waals surface area contributed by atoms with Crippen LogP contribution in [0.1, 0.15) is 18.1 Å². The second kappa shape index (κ2) is 8.82. The quantitative estimate of drug-likeness (QED) is 0.448. The lowest BCUT2D eigenvalue weighted by Gasteiger charge is -2.15. The highest BCUT2D eigenvalue weighted by molar-refractivity contribution is 8.01. The normalized spacial score (nSPS) is 11.7. The molecule has 1 atom stereocenters. The lowest BCUT2D eigenvalue weighted by molar-refractivity contribution is -0.137. The minimum atomic E-state index is -0.684. The van der Waals surface area contributed by atoms with E-state index in [9.17, 15) is 9.59 Å². The number of hydrogen-bond acceptors (Lipinski definition) is 8. The third-order valence-corrected chi connectivity index (χ3v) is 5.13. The maximum absolute atomic E-state index is 12.2. The second-order valence-electron chi connectivity index (χ2n) is 5.26. The first-order chi connectivity index (χ1) is 11.9. The van der Waals surface area contributed by atoms with Crippen LogP contribution in [0.15, 0.2) is 22.5 Å². The Hall–Kier alpha value is -2.13. The molecule has 2 rings (SSSR count). The van der Waals surface area contributed by atoms with Gasteiger partial charge in [-0.3, -0.25) is 14.9 Å². The number of amides is 1. The van der Waals surface area contributed by atoms with Crippen LogP contribution in [0.4, 0.5) is 5.13 Å². The molecule has 1 amide bonds. The Balaban J connectivity index is 1.90. The molecule has 0 radical (unpaired) electrons. The number of methoxy groups -OCH3 is 1. The Morgan fingerprint density at radius 3 is 2.76 bits per heavy atom. The molecule has 0 aliphatic heterocycles. The fraction of sp³-hybridized carbons (Fsp3) is 0.375. The molecule has 0 bridgehead atoms. The number of carbonyl (C=O) groups excluding carboxylic acids is 2. The molecule has 0 saturated heterocycles.